The lowest BCUT2D eigenvalue weighted by Crippen LogP contribution is -2.18. The number of aromatic hydroxyl groups is 1. The molecule has 0 aromatic heterocycles. The number of phenolic OH excluding ortho intramolecular Hbond substituents is 1. The summed E-state index contributed by atoms with van der Waals surface area (Å²) < 4.78 is 5.76. The van der Waals surface area contributed by atoms with Gasteiger partial charge in [0.2, 0.25) is 0 Å². The van der Waals surface area contributed by atoms with Crippen LogP contribution in [-0.2, 0) is 6.54 Å². The van der Waals surface area contributed by atoms with Crippen molar-refractivity contribution >= 4 is 27.5 Å². The van der Waals surface area contributed by atoms with E-state index in [2.05, 4.69) is 28.2 Å². The van der Waals surface area contributed by atoms with Gasteiger partial charge in [-0.3, -0.25) is 0 Å². The van der Waals surface area contributed by atoms with Crippen LogP contribution in [0, 0.1) is 0 Å². The van der Waals surface area contributed by atoms with Crippen molar-refractivity contribution in [2.24, 2.45) is 0 Å². The molecule has 0 aliphatic carbocycles. The standard InChI is InChI=1S/C16H17BrClNO2/c1-10(12-5-3-4-6-14(12)18)19-9-11-7-13(17)16(20)15(8-11)21-2/h3-8,10,19-20H,9H2,1-2H3. The minimum atomic E-state index is 0.111. The van der Waals surface area contributed by atoms with Gasteiger partial charge in [0.15, 0.2) is 11.5 Å². The predicted octanol–water partition coefficient (Wildman–Crippen LogP) is 4.67. The van der Waals surface area contributed by atoms with Crippen LogP contribution in [0.25, 0.3) is 0 Å². The molecule has 0 aliphatic rings. The molecule has 0 heterocycles. The van der Waals surface area contributed by atoms with Crippen LogP contribution >= 0.6 is 27.5 Å². The Morgan fingerprint density at radius 2 is 2.05 bits per heavy atom. The summed E-state index contributed by atoms with van der Waals surface area (Å²) >= 11 is 9.52. The van der Waals surface area contributed by atoms with E-state index in [0.29, 0.717) is 16.8 Å². The molecule has 1 unspecified atom stereocenters. The molecule has 0 amide bonds. The first-order valence-electron chi connectivity index (χ1n) is 6.56. The van der Waals surface area contributed by atoms with Crippen molar-refractivity contribution in [3.8, 4) is 11.5 Å². The van der Waals surface area contributed by atoms with Gasteiger partial charge in [-0.25, -0.2) is 0 Å². The summed E-state index contributed by atoms with van der Waals surface area (Å²) in [7, 11) is 1.53. The van der Waals surface area contributed by atoms with E-state index in [1.165, 1.54) is 7.11 Å². The lowest BCUT2D eigenvalue weighted by molar-refractivity contribution is 0.371. The molecule has 112 valence electrons. The number of halogens is 2. The number of rotatable bonds is 5. The molecule has 21 heavy (non-hydrogen) atoms. The zero-order valence-corrected chi connectivity index (χ0v) is 14.2. The number of phenols is 1. The molecular weight excluding hydrogens is 354 g/mol. The number of methoxy groups -OCH3 is 1. The Bertz CT molecular complexity index is 634. The lowest BCUT2D eigenvalue weighted by Gasteiger charge is -2.16. The third-order valence-corrected chi connectivity index (χ3v) is 4.24. The van der Waals surface area contributed by atoms with E-state index in [-0.39, 0.29) is 11.8 Å². The summed E-state index contributed by atoms with van der Waals surface area (Å²) in [5, 5.41) is 14.0. The predicted molar refractivity (Wildman–Crippen MR) is 89.1 cm³/mol. The first-order valence-corrected chi connectivity index (χ1v) is 7.73. The van der Waals surface area contributed by atoms with E-state index in [1.54, 1.807) is 0 Å². The van der Waals surface area contributed by atoms with Crippen LogP contribution in [-0.4, -0.2) is 12.2 Å². The summed E-state index contributed by atoms with van der Waals surface area (Å²) in [6.45, 7) is 2.70. The number of hydrogen-bond acceptors (Lipinski definition) is 3. The van der Waals surface area contributed by atoms with Crippen molar-refractivity contribution in [3.63, 3.8) is 0 Å². The largest absolute Gasteiger partial charge is 0.503 e. The fraction of sp³-hybridized carbons (Fsp3) is 0.250. The molecule has 0 aliphatic heterocycles. The maximum atomic E-state index is 9.80. The quantitative estimate of drug-likeness (QED) is 0.804. The number of benzene rings is 2. The molecule has 0 saturated heterocycles. The van der Waals surface area contributed by atoms with Gasteiger partial charge in [0, 0.05) is 17.6 Å². The Morgan fingerprint density at radius 3 is 2.71 bits per heavy atom. The monoisotopic (exact) mass is 369 g/mol. The van der Waals surface area contributed by atoms with Crippen LogP contribution in [0.4, 0.5) is 0 Å². The zero-order chi connectivity index (χ0) is 15.4. The van der Waals surface area contributed by atoms with Gasteiger partial charge in [-0.1, -0.05) is 29.8 Å². The van der Waals surface area contributed by atoms with Gasteiger partial charge in [-0.2, -0.15) is 0 Å². The molecule has 0 radical (unpaired) electrons. The van der Waals surface area contributed by atoms with Crippen molar-refractivity contribution in [1.82, 2.24) is 5.32 Å². The van der Waals surface area contributed by atoms with E-state index in [0.717, 1.165) is 16.1 Å². The second-order valence-electron chi connectivity index (χ2n) is 4.75. The van der Waals surface area contributed by atoms with Crippen LogP contribution in [0.3, 0.4) is 0 Å². The first-order chi connectivity index (χ1) is 10.0. The molecule has 3 nitrogen and oxygen atoms in total. The Hall–Kier alpha value is -1.23. The van der Waals surface area contributed by atoms with E-state index in [1.807, 2.05) is 36.4 Å². The van der Waals surface area contributed by atoms with Crippen molar-refractivity contribution in [2.75, 3.05) is 7.11 Å². The normalized spacial score (nSPS) is 12.2. The summed E-state index contributed by atoms with van der Waals surface area (Å²) in [6, 6.07) is 11.6. The van der Waals surface area contributed by atoms with Gasteiger partial charge >= 0.3 is 0 Å². The average Bonchev–Trinajstić information content (AvgIpc) is 2.48. The highest BCUT2D eigenvalue weighted by atomic mass is 79.9. The summed E-state index contributed by atoms with van der Waals surface area (Å²) in [6.07, 6.45) is 0. The number of hydrogen-bond donors (Lipinski definition) is 2. The third kappa shape index (κ3) is 3.90. The van der Waals surface area contributed by atoms with Gasteiger partial charge in [-0.15, -0.1) is 0 Å². The molecule has 2 rings (SSSR count). The minimum absolute atomic E-state index is 0.111. The molecular formula is C16H17BrClNO2. The van der Waals surface area contributed by atoms with Crippen LogP contribution < -0.4 is 10.1 Å². The summed E-state index contributed by atoms with van der Waals surface area (Å²) in [4.78, 5) is 0. The highest BCUT2D eigenvalue weighted by Gasteiger charge is 2.11. The van der Waals surface area contributed by atoms with E-state index >= 15 is 0 Å². The first kappa shape index (κ1) is 16.1. The van der Waals surface area contributed by atoms with Crippen molar-refractivity contribution < 1.29 is 9.84 Å². The number of ether oxygens (including phenoxy) is 1. The number of nitrogens with one attached hydrogen (secondary N) is 1. The Labute approximate surface area is 138 Å². The molecule has 1 atom stereocenters. The van der Waals surface area contributed by atoms with Crippen molar-refractivity contribution in [2.45, 2.75) is 19.5 Å². The third-order valence-electron chi connectivity index (χ3n) is 3.29. The highest BCUT2D eigenvalue weighted by Crippen LogP contribution is 2.35. The molecule has 2 N–H and O–H groups in total. The Morgan fingerprint density at radius 1 is 1.33 bits per heavy atom. The minimum Gasteiger partial charge on any atom is -0.503 e. The summed E-state index contributed by atoms with van der Waals surface area (Å²) in [5.74, 6) is 0.562. The SMILES string of the molecule is COc1cc(CNC(C)c2ccccc2Cl)cc(Br)c1O. The Kier molecular flexibility index (Phi) is 5.51. The topological polar surface area (TPSA) is 41.5 Å². The zero-order valence-electron chi connectivity index (χ0n) is 11.9. The second-order valence-corrected chi connectivity index (χ2v) is 6.01. The van der Waals surface area contributed by atoms with Gasteiger partial charge in [-0.05, 0) is 52.2 Å². The van der Waals surface area contributed by atoms with E-state index in [4.69, 9.17) is 16.3 Å². The van der Waals surface area contributed by atoms with Crippen LogP contribution in [0.5, 0.6) is 11.5 Å². The van der Waals surface area contributed by atoms with Crippen LogP contribution in [0.1, 0.15) is 24.1 Å². The van der Waals surface area contributed by atoms with Gasteiger partial charge in [0.25, 0.3) is 0 Å². The maximum Gasteiger partial charge on any atom is 0.172 e. The molecule has 5 heteroatoms. The van der Waals surface area contributed by atoms with Crippen LogP contribution in [0.15, 0.2) is 40.9 Å². The molecule has 0 saturated carbocycles. The highest BCUT2D eigenvalue weighted by molar-refractivity contribution is 9.10. The molecule has 2 aromatic rings. The van der Waals surface area contributed by atoms with E-state index in [9.17, 15) is 5.11 Å². The van der Waals surface area contributed by atoms with Gasteiger partial charge < -0.3 is 15.2 Å². The average molecular weight is 371 g/mol. The fourth-order valence-corrected chi connectivity index (χ4v) is 2.88. The molecule has 2 aromatic carbocycles. The molecule has 0 bridgehead atoms. The fourth-order valence-electron chi connectivity index (χ4n) is 2.09. The van der Waals surface area contributed by atoms with Crippen molar-refractivity contribution in [1.29, 1.82) is 0 Å². The summed E-state index contributed by atoms with van der Waals surface area (Å²) in [5.41, 5.74) is 2.07. The van der Waals surface area contributed by atoms with Gasteiger partial charge in [0.05, 0.1) is 11.6 Å². The lowest BCUT2D eigenvalue weighted by atomic mass is 10.1. The van der Waals surface area contributed by atoms with E-state index < -0.39 is 0 Å². The molecule has 0 fully saturated rings. The molecule has 0 spiro atoms. The Balaban J connectivity index is 2.10. The second kappa shape index (κ2) is 7.16. The maximum absolute atomic E-state index is 9.80. The van der Waals surface area contributed by atoms with Crippen molar-refractivity contribution in [3.05, 3.63) is 57.0 Å². The smallest absolute Gasteiger partial charge is 0.172 e. The van der Waals surface area contributed by atoms with Gasteiger partial charge in [0.1, 0.15) is 0 Å². The van der Waals surface area contributed by atoms with Crippen LogP contribution in [0.2, 0.25) is 5.02 Å².